The molecule has 0 heterocycles. The van der Waals surface area contributed by atoms with Gasteiger partial charge >= 0.3 is 0 Å². The summed E-state index contributed by atoms with van der Waals surface area (Å²) in [6, 6.07) is 14.0. The molecule has 0 unspecified atom stereocenters. The predicted molar refractivity (Wildman–Crippen MR) is 145 cm³/mol. The van der Waals surface area contributed by atoms with Gasteiger partial charge in [0.15, 0.2) is 0 Å². The summed E-state index contributed by atoms with van der Waals surface area (Å²) in [6.07, 6.45) is 1.04. The molecule has 2 N–H and O–H groups in total. The maximum atomic E-state index is 13.0. The number of benzene rings is 3. The molecule has 1 amide bonds. The van der Waals surface area contributed by atoms with E-state index in [-0.39, 0.29) is 15.6 Å². The van der Waals surface area contributed by atoms with Crippen molar-refractivity contribution >= 4 is 66.2 Å². The van der Waals surface area contributed by atoms with Gasteiger partial charge in [0.1, 0.15) is 6.04 Å². The first kappa shape index (κ1) is 27.8. The smallest absolute Gasteiger partial charge is 0.261 e. The van der Waals surface area contributed by atoms with Gasteiger partial charge in [-0.15, -0.1) is 0 Å². The van der Waals surface area contributed by atoms with Crippen LogP contribution in [-0.4, -0.2) is 35.0 Å². The van der Waals surface area contributed by atoms with E-state index >= 15 is 0 Å². The molecule has 1 atom stereocenters. The van der Waals surface area contributed by atoms with Crippen LogP contribution >= 0.6 is 23.2 Å². The number of nitrogens with one attached hydrogen (secondary N) is 2. The third kappa shape index (κ3) is 6.70. The van der Waals surface area contributed by atoms with Crippen LogP contribution in [0.5, 0.6) is 0 Å². The zero-order valence-corrected chi connectivity index (χ0v) is 23.1. The Labute approximate surface area is 221 Å². The summed E-state index contributed by atoms with van der Waals surface area (Å²) < 4.78 is 54.0. The minimum absolute atomic E-state index is 0.0624. The predicted octanol–water partition coefficient (Wildman–Crippen LogP) is 5.20. The van der Waals surface area contributed by atoms with Crippen molar-refractivity contribution in [3.63, 3.8) is 0 Å². The third-order valence-electron chi connectivity index (χ3n) is 5.16. The number of rotatable bonds is 8. The molecule has 0 aliphatic rings. The molecular weight excluding hydrogens is 545 g/mol. The van der Waals surface area contributed by atoms with Crippen molar-refractivity contribution < 1.29 is 21.6 Å². The van der Waals surface area contributed by atoms with Gasteiger partial charge in [-0.25, -0.2) is 16.8 Å². The summed E-state index contributed by atoms with van der Waals surface area (Å²) in [5, 5.41) is 3.15. The molecule has 36 heavy (non-hydrogen) atoms. The molecule has 12 heteroatoms. The zero-order valence-electron chi connectivity index (χ0n) is 19.9. The maximum absolute atomic E-state index is 13.0. The molecule has 8 nitrogen and oxygen atoms in total. The highest BCUT2D eigenvalue weighted by atomic mass is 35.5. The third-order valence-corrected chi connectivity index (χ3v) is 8.33. The molecule has 0 saturated heterocycles. The lowest BCUT2D eigenvalue weighted by molar-refractivity contribution is -0.116. The maximum Gasteiger partial charge on any atom is 0.261 e. The number of anilines is 3. The number of carbonyl (C=O) groups is 1. The second-order valence-corrected chi connectivity index (χ2v) is 12.7. The summed E-state index contributed by atoms with van der Waals surface area (Å²) in [7, 11) is -7.75. The van der Waals surface area contributed by atoms with Gasteiger partial charge in [-0.1, -0.05) is 29.3 Å². The summed E-state index contributed by atoms with van der Waals surface area (Å²) >= 11 is 11.9. The van der Waals surface area contributed by atoms with E-state index in [9.17, 15) is 21.6 Å². The van der Waals surface area contributed by atoms with E-state index in [2.05, 4.69) is 10.0 Å². The number of hydrogen-bond acceptors (Lipinski definition) is 5. The van der Waals surface area contributed by atoms with Crippen molar-refractivity contribution in [3.8, 4) is 0 Å². The van der Waals surface area contributed by atoms with Crippen LogP contribution in [0.25, 0.3) is 0 Å². The number of halogens is 2. The topological polar surface area (TPSA) is 113 Å². The normalized spacial score (nSPS) is 12.6. The van der Waals surface area contributed by atoms with E-state index in [0.29, 0.717) is 16.4 Å². The zero-order chi connectivity index (χ0) is 26.8. The van der Waals surface area contributed by atoms with Crippen molar-refractivity contribution in [2.24, 2.45) is 0 Å². The van der Waals surface area contributed by atoms with Gasteiger partial charge in [-0.05, 0) is 86.5 Å². The van der Waals surface area contributed by atoms with Crippen molar-refractivity contribution in [2.45, 2.75) is 31.7 Å². The van der Waals surface area contributed by atoms with E-state index in [1.807, 2.05) is 19.9 Å². The molecule has 3 rings (SSSR count). The SMILES string of the molecule is Cc1cc(C)cc(N([C@H](C)C(=O)Nc2ccc(S(=O)(=O)Nc3ccc(Cl)cc3Cl)cc2)S(C)(=O)=O)c1. The number of hydrogen-bond donors (Lipinski definition) is 2. The van der Waals surface area contributed by atoms with Crippen LogP contribution in [0.1, 0.15) is 18.1 Å². The van der Waals surface area contributed by atoms with Crippen molar-refractivity contribution in [3.05, 3.63) is 81.8 Å². The highest BCUT2D eigenvalue weighted by Gasteiger charge is 2.29. The Morgan fingerprint density at radius 2 is 1.47 bits per heavy atom. The van der Waals surface area contributed by atoms with E-state index < -0.39 is 32.0 Å². The molecule has 0 fully saturated rings. The lowest BCUT2D eigenvalue weighted by Gasteiger charge is -2.28. The molecule has 3 aromatic rings. The average molecular weight is 571 g/mol. The van der Waals surface area contributed by atoms with Crippen LogP contribution in [0, 0.1) is 13.8 Å². The summed E-state index contributed by atoms with van der Waals surface area (Å²) in [6.45, 7) is 5.16. The standard InChI is InChI=1S/C24H25Cl2N3O5S2/c1-15-11-16(2)13-20(12-15)29(35(4,31)32)17(3)24(30)27-19-6-8-21(9-7-19)36(33,34)28-23-10-5-18(25)14-22(23)26/h5-14,17,28H,1-4H3,(H,27,30)/t17-/m1/s1. The lowest BCUT2D eigenvalue weighted by Crippen LogP contribution is -2.45. The Kier molecular flexibility index (Phi) is 8.24. The van der Waals surface area contributed by atoms with E-state index in [4.69, 9.17) is 23.2 Å². The van der Waals surface area contributed by atoms with Gasteiger partial charge < -0.3 is 5.32 Å². The fourth-order valence-electron chi connectivity index (χ4n) is 3.63. The fraction of sp³-hybridized carbons (Fsp3) is 0.208. The number of carbonyl (C=O) groups excluding carboxylic acids is 1. The number of amides is 1. The minimum atomic E-state index is -3.97. The van der Waals surface area contributed by atoms with Crippen molar-refractivity contribution in [1.82, 2.24) is 0 Å². The average Bonchev–Trinajstić information content (AvgIpc) is 2.74. The summed E-state index contributed by atoms with van der Waals surface area (Å²) in [4.78, 5) is 12.9. The van der Waals surface area contributed by atoms with E-state index in [1.54, 1.807) is 12.1 Å². The Morgan fingerprint density at radius 1 is 0.889 bits per heavy atom. The second kappa shape index (κ2) is 10.7. The summed E-state index contributed by atoms with van der Waals surface area (Å²) in [5.41, 5.74) is 2.56. The molecule has 0 saturated carbocycles. The Bertz CT molecular complexity index is 1490. The van der Waals surface area contributed by atoms with Gasteiger partial charge in [-0.3, -0.25) is 13.8 Å². The van der Waals surface area contributed by atoms with Crippen molar-refractivity contribution in [2.75, 3.05) is 20.6 Å². The molecule has 3 aromatic carbocycles. The first-order valence-corrected chi connectivity index (χ1v) is 14.7. The van der Waals surface area contributed by atoms with Gasteiger partial charge in [0.25, 0.3) is 10.0 Å². The van der Waals surface area contributed by atoms with Crippen molar-refractivity contribution in [1.29, 1.82) is 0 Å². The molecule has 0 aliphatic carbocycles. The van der Waals surface area contributed by atoms with Crippen LogP contribution in [0.15, 0.2) is 65.6 Å². The molecule has 0 aromatic heterocycles. The second-order valence-electron chi connectivity index (χ2n) is 8.32. The Hall–Kier alpha value is -2.79. The molecule has 0 aliphatic heterocycles. The monoisotopic (exact) mass is 569 g/mol. The van der Waals surface area contributed by atoms with E-state index in [1.165, 1.54) is 49.4 Å². The lowest BCUT2D eigenvalue weighted by atomic mass is 10.1. The van der Waals surface area contributed by atoms with Crippen LogP contribution < -0.4 is 14.3 Å². The fourth-order valence-corrected chi connectivity index (χ4v) is 6.38. The Morgan fingerprint density at radius 3 is 2.00 bits per heavy atom. The van der Waals surface area contributed by atoms with E-state index in [0.717, 1.165) is 21.7 Å². The number of sulfonamides is 2. The first-order chi connectivity index (χ1) is 16.7. The van der Waals surface area contributed by atoms with Crippen LogP contribution in [0.2, 0.25) is 10.0 Å². The molecule has 0 radical (unpaired) electrons. The van der Waals surface area contributed by atoms with Gasteiger partial charge in [0.2, 0.25) is 15.9 Å². The highest BCUT2D eigenvalue weighted by Crippen LogP contribution is 2.28. The van der Waals surface area contributed by atoms with Gasteiger partial charge in [0.05, 0.1) is 27.5 Å². The molecule has 192 valence electrons. The molecule has 0 bridgehead atoms. The van der Waals surface area contributed by atoms with Crippen LogP contribution in [0.3, 0.4) is 0 Å². The van der Waals surface area contributed by atoms with Crippen LogP contribution in [0.4, 0.5) is 17.1 Å². The molecular formula is C24H25Cl2N3O5S2. The van der Waals surface area contributed by atoms with Gasteiger partial charge in [0, 0.05) is 10.7 Å². The minimum Gasteiger partial charge on any atom is -0.324 e. The molecule has 0 spiro atoms. The Balaban J connectivity index is 1.79. The first-order valence-electron chi connectivity index (χ1n) is 10.6. The van der Waals surface area contributed by atoms with Crippen LogP contribution in [-0.2, 0) is 24.8 Å². The largest absolute Gasteiger partial charge is 0.324 e. The van der Waals surface area contributed by atoms with Gasteiger partial charge in [-0.2, -0.15) is 0 Å². The number of nitrogens with zero attached hydrogens (tertiary/aromatic N) is 1. The number of aryl methyl sites for hydroxylation is 2. The quantitative estimate of drug-likeness (QED) is 0.387. The highest BCUT2D eigenvalue weighted by molar-refractivity contribution is 7.92. The summed E-state index contributed by atoms with van der Waals surface area (Å²) in [5.74, 6) is -0.582.